The molecular formula is C19H22Cl4N2O. The third kappa shape index (κ3) is 6.41. The van der Waals surface area contributed by atoms with Gasteiger partial charge < -0.3 is 0 Å². The van der Waals surface area contributed by atoms with E-state index in [0.717, 1.165) is 32.7 Å². The summed E-state index contributed by atoms with van der Waals surface area (Å²) >= 11 is 12.0. The molecule has 1 aliphatic heterocycles. The van der Waals surface area contributed by atoms with E-state index in [1.165, 1.54) is 5.56 Å². The molecule has 2 aromatic rings. The van der Waals surface area contributed by atoms with Gasteiger partial charge in [-0.2, -0.15) is 0 Å². The number of piperazine rings is 1. The minimum absolute atomic E-state index is 0. The first-order valence-electron chi connectivity index (χ1n) is 8.09. The Morgan fingerprint density at radius 2 is 1.50 bits per heavy atom. The maximum Gasteiger partial charge on any atom is 0.178 e. The third-order valence-electron chi connectivity index (χ3n) is 4.31. The fraction of sp³-hybridized carbons (Fsp3) is 0.316. The number of rotatable bonds is 5. The van der Waals surface area contributed by atoms with Crippen LogP contribution < -0.4 is 0 Å². The molecule has 1 aliphatic rings. The van der Waals surface area contributed by atoms with Gasteiger partial charge in [0, 0.05) is 43.3 Å². The predicted octanol–water partition coefficient (Wildman–Crippen LogP) is 4.84. The summed E-state index contributed by atoms with van der Waals surface area (Å²) in [4.78, 5) is 17.0. The molecule has 0 N–H and O–H groups in total. The van der Waals surface area contributed by atoms with Crippen molar-refractivity contribution in [1.29, 1.82) is 0 Å². The molecule has 0 aromatic heterocycles. The lowest BCUT2D eigenvalue weighted by atomic mass is 10.1. The van der Waals surface area contributed by atoms with Crippen molar-refractivity contribution in [2.24, 2.45) is 0 Å². The Morgan fingerprint density at radius 3 is 2.12 bits per heavy atom. The van der Waals surface area contributed by atoms with Gasteiger partial charge in [-0.3, -0.25) is 14.6 Å². The number of ketones is 1. The van der Waals surface area contributed by atoms with Crippen molar-refractivity contribution in [3.63, 3.8) is 0 Å². The van der Waals surface area contributed by atoms with Crippen LogP contribution >= 0.6 is 48.0 Å². The summed E-state index contributed by atoms with van der Waals surface area (Å²) in [6, 6.07) is 15.5. The number of carbonyl (C=O) groups excluding carboxylic acids is 1. The van der Waals surface area contributed by atoms with E-state index in [1.54, 1.807) is 18.2 Å². The lowest BCUT2D eigenvalue weighted by Crippen LogP contribution is -2.47. The molecule has 0 bridgehead atoms. The second-order valence-corrected chi connectivity index (χ2v) is 6.93. The first kappa shape index (κ1) is 23.2. The van der Waals surface area contributed by atoms with Crippen LogP contribution in [0.5, 0.6) is 0 Å². The van der Waals surface area contributed by atoms with Crippen molar-refractivity contribution in [3.8, 4) is 0 Å². The Kier molecular flexibility index (Phi) is 9.94. The Morgan fingerprint density at radius 1 is 0.885 bits per heavy atom. The number of benzene rings is 2. The van der Waals surface area contributed by atoms with Crippen LogP contribution in [0.1, 0.15) is 15.9 Å². The first-order valence-corrected chi connectivity index (χ1v) is 8.84. The van der Waals surface area contributed by atoms with Crippen LogP contribution in [0, 0.1) is 0 Å². The second-order valence-electron chi connectivity index (χ2n) is 6.09. The Hall–Kier alpha value is -0.810. The van der Waals surface area contributed by atoms with Crippen LogP contribution in [0.25, 0.3) is 0 Å². The van der Waals surface area contributed by atoms with E-state index in [0.29, 0.717) is 22.2 Å². The molecule has 0 spiro atoms. The molecule has 0 atom stereocenters. The van der Waals surface area contributed by atoms with Gasteiger partial charge in [-0.25, -0.2) is 0 Å². The minimum Gasteiger partial charge on any atom is -0.297 e. The zero-order chi connectivity index (χ0) is 16.9. The predicted molar refractivity (Wildman–Crippen MR) is 113 cm³/mol. The van der Waals surface area contributed by atoms with E-state index in [1.807, 2.05) is 6.07 Å². The van der Waals surface area contributed by atoms with Gasteiger partial charge in [0.1, 0.15) is 0 Å². The largest absolute Gasteiger partial charge is 0.297 e. The Balaban J connectivity index is 0.00000169. The summed E-state index contributed by atoms with van der Waals surface area (Å²) in [6.07, 6.45) is 0. The van der Waals surface area contributed by atoms with Gasteiger partial charge in [0.05, 0.1) is 11.6 Å². The van der Waals surface area contributed by atoms with E-state index < -0.39 is 0 Å². The van der Waals surface area contributed by atoms with Crippen molar-refractivity contribution < 1.29 is 4.79 Å². The second kappa shape index (κ2) is 11.1. The Labute approximate surface area is 177 Å². The summed E-state index contributed by atoms with van der Waals surface area (Å²) in [5, 5.41) is 0.973. The number of nitrogens with zero attached hydrogens (tertiary/aromatic N) is 2. The molecule has 2 aromatic carbocycles. The lowest BCUT2D eigenvalue weighted by molar-refractivity contribution is 0.0844. The minimum atomic E-state index is 0. The van der Waals surface area contributed by atoms with Gasteiger partial charge in [-0.05, 0) is 23.8 Å². The van der Waals surface area contributed by atoms with Gasteiger partial charge in [-0.1, -0.05) is 53.5 Å². The summed E-state index contributed by atoms with van der Waals surface area (Å²) in [7, 11) is 0. The van der Waals surface area contributed by atoms with Crippen molar-refractivity contribution in [1.82, 2.24) is 9.80 Å². The number of Topliss-reactive ketones (excluding diaryl/α,β-unsaturated/α-hetero) is 1. The SMILES string of the molecule is Cl.Cl.O=C(CN1CCN(Cc2ccccc2)CC1)c1ccc(Cl)cc1Cl. The van der Waals surface area contributed by atoms with Gasteiger partial charge in [0.15, 0.2) is 5.78 Å². The summed E-state index contributed by atoms with van der Waals surface area (Å²) in [5.41, 5.74) is 1.88. The lowest BCUT2D eigenvalue weighted by Gasteiger charge is -2.34. The quantitative estimate of drug-likeness (QED) is 0.628. The number of carbonyl (C=O) groups is 1. The number of halogens is 4. The van der Waals surface area contributed by atoms with Gasteiger partial charge in [0.2, 0.25) is 0 Å². The normalized spacial score (nSPS) is 15.0. The number of hydrogen-bond donors (Lipinski definition) is 0. The zero-order valence-corrected chi connectivity index (χ0v) is 17.4. The topological polar surface area (TPSA) is 23.6 Å². The monoisotopic (exact) mass is 434 g/mol. The van der Waals surface area contributed by atoms with Crippen molar-refractivity contribution >= 4 is 53.8 Å². The van der Waals surface area contributed by atoms with Crippen molar-refractivity contribution in [2.75, 3.05) is 32.7 Å². The van der Waals surface area contributed by atoms with Crippen LogP contribution in [-0.2, 0) is 6.54 Å². The van der Waals surface area contributed by atoms with Crippen LogP contribution in [0.3, 0.4) is 0 Å². The van der Waals surface area contributed by atoms with Crippen LogP contribution in [-0.4, -0.2) is 48.3 Å². The van der Waals surface area contributed by atoms with E-state index in [4.69, 9.17) is 23.2 Å². The van der Waals surface area contributed by atoms with Crippen LogP contribution in [0.2, 0.25) is 10.0 Å². The molecule has 3 nitrogen and oxygen atoms in total. The Bertz CT molecular complexity index is 704. The fourth-order valence-corrected chi connectivity index (χ4v) is 3.46. The maximum atomic E-state index is 12.4. The number of hydrogen-bond acceptors (Lipinski definition) is 3. The zero-order valence-electron chi connectivity index (χ0n) is 14.2. The van der Waals surface area contributed by atoms with Gasteiger partial charge in [-0.15, -0.1) is 24.8 Å². The molecular weight excluding hydrogens is 414 g/mol. The highest BCUT2D eigenvalue weighted by molar-refractivity contribution is 6.36. The molecule has 1 heterocycles. The first-order chi connectivity index (χ1) is 11.6. The van der Waals surface area contributed by atoms with Gasteiger partial charge in [0.25, 0.3) is 0 Å². The van der Waals surface area contributed by atoms with E-state index >= 15 is 0 Å². The highest BCUT2D eigenvalue weighted by atomic mass is 35.5. The molecule has 1 saturated heterocycles. The summed E-state index contributed by atoms with van der Waals surface area (Å²) < 4.78 is 0. The van der Waals surface area contributed by atoms with Crippen LogP contribution in [0.4, 0.5) is 0 Å². The van der Waals surface area contributed by atoms with Gasteiger partial charge >= 0.3 is 0 Å². The van der Waals surface area contributed by atoms with E-state index in [9.17, 15) is 4.79 Å². The molecule has 0 saturated carbocycles. The molecule has 0 aliphatic carbocycles. The maximum absolute atomic E-state index is 12.4. The van der Waals surface area contributed by atoms with E-state index in [-0.39, 0.29) is 30.6 Å². The average molecular weight is 436 g/mol. The van der Waals surface area contributed by atoms with Crippen molar-refractivity contribution in [3.05, 3.63) is 69.7 Å². The fourth-order valence-electron chi connectivity index (χ4n) is 2.95. The molecule has 26 heavy (non-hydrogen) atoms. The molecule has 142 valence electrons. The summed E-state index contributed by atoms with van der Waals surface area (Å²) in [6.45, 7) is 5.09. The molecule has 3 rings (SSSR count). The van der Waals surface area contributed by atoms with E-state index in [2.05, 4.69) is 34.1 Å². The summed E-state index contributed by atoms with van der Waals surface area (Å²) in [5.74, 6) is 0.0492. The molecule has 0 radical (unpaired) electrons. The average Bonchev–Trinajstić information content (AvgIpc) is 2.57. The van der Waals surface area contributed by atoms with Crippen LogP contribution in [0.15, 0.2) is 48.5 Å². The highest BCUT2D eigenvalue weighted by Gasteiger charge is 2.20. The molecule has 0 unspecified atom stereocenters. The molecule has 1 fully saturated rings. The highest BCUT2D eigenvalue weighted by Crippen LogP contribution is 2.21. The standard InChI is InChI=1S/C19H20Cl2N2O.2ClH/c20-16-6-7-17(18(21)12-16)19(24)14-23-10-8-22(9-11-23)13-15-4-2-1-3-5-15;;/h1-7,12H,8-11,13-14H2;2*1H. The molecule has 7 heteroatoms. The van der Waals surface area contributed by atoms with Crippen molar-refractivity contribution in [2.45, 2.75) is 6.54 Å². The molecule has 0 amide bonds. The smallest absolute Gasteiger partial charge is 0.178 e. The third-order valence-corrected chi connectivity index (χ3v) is 4.86.